The number of amides is 1. The van der Waals surface area contributed by atoms with E-state index in [2.05, 4.69) is 4.98 Å². The van der Waals surface area contributed by atoms with Crippen LogP contribution in [0, 0.1) is 0 Å². The highest BCUT2D eigenvalue weighted by molar-refractivity contribution is 5.92. The van der Waals surface area contributed by atoms with Crippen molar-refractivity contribution in [1.82, 2.24) is 4.98 Å². The molecule has 1 aromatic heterocycles. The van der Waals surface area contributed by atoms with E-state index in [0.29, 0.717) is 12.0 Å². The minimum absolute atomic E-state index is 0.248. The predicted molar refractivity (Wildman–Crippen MR) is 62.7 cm³/mol. The Labute approximate surface area is 104 Å². The Morgan fingerprint density at radius 2 is 2.17 bits per heavy atom. The van der Waals surface area contributed by atoms with Crippen LogP contribution in [0.25, 0.3) is 0 Å². The Kier molecular flexibility index (Phi) is 3.60. The molecule has 6 heteroatoms. The van der Waals surface area contributed by atoms with Crippen LogP contribution in [0.2, 0.25) is 0 Å². The van der Waals surface area contributed by atoms with E-state index in [0.717, 1.165) is 0 Å². The van der Waals surface area contributed by atoms with Crippen LogP contribution in [0.3, 0.4) is 0 Å². The highest BCUT2D eigenvalue weighted by atomic mass is 16.5. The van der Waals surface area contributed by atoms with Gasteiger partial charge in [-0.15, -0.1) is 0 Å². The Hall–Kier alpha value is -1.50. The maximum atomic E-state index is 11.1. The third-order valence-corrected chi connectivity index (χ3v) is 3.14. The number of rotatable bonds is 3. The lowest BCUT2D eigenvalue weighted by Gasteiger charge is -2.14. The van der Waals surface area contributed by atoms with Crippen molar-refractivity contribution >= 4 is 5.91 Å². The lowest BCUT2D eigenvalue weighted by Crippen LogP contribution is -2.30. The summed E-state index contributed by atoms with van der Waals surface area (Å²) in [7, 11) is 0. The first-order valence-corrected chi connectivity index (χ1v) is 5.81. The van der Waals surface area contributed by atoms with Crippen LogP contribution in [0.4, 0.5) is 0 Å². The summed E-state index contributed by atoms with van der Waals surface area (Å²) in [6.07, 6.45) is 0.375. The molecule has 1 fully saturated rings. The number of pyridine rings is 1. The first-order chi connectivity index (χ1) is 8.54. The fraction of sp³-hybridized carbons (Fsp3) is 0.500. The van der Waals surface area contributed by atoms with Gasteiger partial charge in [0.05, 0.1) is 11.7 Å². The molecule has 4 N–H and O–H groups in total. The van der Waals surface area contributed by atoms with Gasteiger partial charge < -0.3 is 20.7 Å². The summed E-state index contributed by atoms with van der Waals surface area (Å²) in [6, 6.07) is 1.52. The zero-order chi connectivity index (χ0) is 13.3. The molecule has 1 saturated heterocycles. The summed E-state index contributed by atoms with van der Waals surface area (Å²) in [6.45, 7) is 1.86. The van der Waals surface area contributed by atoms with Crippen molar-refractivity contribution in [2.24, 2.45) is 5.73 Å². The standard InChI is InChI=1S/C12H16N2O4/c1-2-8-9(15)10(16)11(18-8)6-3-7(12(13)17)5-14-4-6/h3-5,8-11,15-16H,2H2,1H3,(H2,13,17)/t8-,9+,10?,11+/m1/s1. The van der Waals surface area contributed by atoms with E-state index in [1.165, 1.54) is 18.5 Å². The second-order valence-electron chi connectivity index (χ2n) is 4.36. The fourth-order valence-electron chi connectivity index (χ4n) is 2.11. The van der Waals surface area contributed by atoms with Gasteiger partial charge in [0.15, 0.2) is 0 Å². The molecule has 0 saturated carbocycles. The third kappa shape index (κ3) is 2.22. The van der Waals surface area contributed by atoms with Crippen LogP contribution < -0.4 is 5.73 Å². The summed E-state index contributed by atoms with van der Waals surface area (Å²) in [5.41, 5.74) is 5.95. The molecule has 1 aromatic rings. The number of carbonyl (C=O) groups is 1. The summed E-state index contributed by atoms with van der Waals surface area (Å²) in [5, 5.41) is 19.7. The number of nitrogens with two attached hydrogens (primary N) is 1. The number of nitrogens with zero attached hydrogens (tertiary/aromatic N) is 1. The third-order valence-electron chi connectivity index (χ3n) is 3.14. The highest BCUT2D eigenvalue weighted by Crippen LogP contribution is 2.34. The largest absolute Gasteiger partial charge is 0.388 e. The van der Waals surface area contributed by atoms with Gasteiger partial charge in [-0.2, -0.15) is 0 Å². The van der Waals surface area contributed by atoms with Gasteiger partial charge in [-0.25, -0.2) is 0 Å². The first-order valence-electron chi connectivity index (χ1n) is 5.81. The van der Waals surface area contributed by atoms with Gasteiger partial charge in [0.1, 0.15) is 18.3 Å². The summed E-state index contributed by atoms with van der Waals surface area (Å²) in [5.74, 6) is -0.593. The molecule has 1 aliphatic rings. The quantitative estimate of drug-likeness (QED) is 0.688. The van der Waals surface area contributed by atoms with E-state index in [1.54, 1.807) is 0 Å². The van der Waals surface area contributed by atoms with Gasteiger partial charge in [-0.3, -0.25) is 9.78 Å². The maximum absolute atomic E-state index is 11.1. The molecule has 0 aliphatic carbocycles. The fourth-order valence-corrected chi connectivity index (χ4v) is 2.11. The summed E-state index contributed by atoms with van der Waals surface area (Å²) >= 11 is 0. The zero-order valence-electron chi connectivity index (χ0n) is 9.98. The van der Waals surface area contributed by atoms with Gasteiger partial charge in [0, 0.05) is 18.0 Å². The number of carbonyl (C=O) groups excluding carboxylic acids is 1. The van der Waals surface area contributed by atoms with Gasteiger partial charge in [-0.1, -0.05) is 6.92 Å². The molecular weight excluding hydrogens is 236 g/mol. The first kappa shape index (κ1) is 12.9. The number of primary amides is 1. The minimum atomic E-state index is -1.03. The second kappa shape index (κ2) is 5.01. The molecule has 6 nitrogen and oxygen atoms in total. The normalized spacial score (nSPS) is 31.5. The minimum Gasteiger partial charge on any atom is -0.388 e. The molecule has 98 valence electrons. The summed E-state index contributed by atoms with van der Waals surface area (Å²) in [4.78, 5) is 15.0. The van der Waals surface area contributed by atoms with E-state index in [-0.39, 0.29) is 5.56 Å². The SMILES string of the molecule is CC[C@H]1O[C@@H](c2cncc(C(N)=O)c2)C(O)[C@H]1O. The maximum Gasteiger partial charge on any atom is 0.250 e. The predicted octanol–water partition coefficient (Wildman–Crippen LogP) is -0.248. The Morgan fingerprint density at radius 1 is 1.44 bits per heavy atom. The van der Waals surface area contributed by atoms with E-state index in [1.807, 2.05) is 6.92 Å². The molecular formula is C12H16N2O4. The number of ether oxygens (including phenoxy) is 1. The number of hydrogen-bond donors (Lipinski definition) is 3. The Bertz CT molecular complexity index is 451. The van der Waals surface area contributed by atoms with Crippen molar-refractivity contribution in [2.75, 3.05) is 0 Å². The highest BCUT2D eigenvalue weighted by Gasteiger charge is 2.42. The van der Waals surface area contributed by atoms with Crippen LogP contribution in [0.1, 0.15) is 35.4 Å². The molecule has 2 rings (SSSR count). The van der Waals surface area contributed by atoms with E-state index < -0.39 is 30.3 Å². The Morgan fingerprint density at radius 3 is 2.72 bits per heavy atom. The molecule has 1 unspecified atom stereocenters. The van der Waals surface area contributed by atoms with Crippen LogP contribution >= 0.6 is 0 Å². The monoisotopic (exact) mass is 252 g/mol. The molecule has 4 atom stereocenters. The van der Waals surface area contributed by atoms with Crippen molar-refractivity contribution in [3.63, 3.8) is 0 Å². The molecule has 1 aliphatic heterocycles. The van der Waals surface area contributed by atoms with Crippen LogP contribution in [0.15, 0.2) is 18.5 Å². The van der Waals surface area contributed by atoms with Crippen molar-refractivity contribution in [3.8, 4) is 0 Å². The molecule has 0 spiro atoms. The molecule has 0 bridgehead atoms. The smallest absolute Gasteiger partial charge is 0.250 e. The van der Waals surface area contributed by atoms with Gasteiger partial charge in [-0.05, 0) is 12.5 Å². The van der Waals surface area contributed by atoms with Gasteiger partial charge in [0.2, 0.25) is 5.91 Å². The molecule has 18 heavy (non-hydrogen) atoms. The topological polar surface area (TPSA) is 106 Å². The molecule has 2 heterocycles. The van der Waals surface area contributed by atoms with Crippen molar-refractivity contribution in [3.05, 3.63) is 29.6 Å². The number of aliphatic hydroxyl groups excluding tert-OH is 2. The van der Waals surface area contributed by atoms with Crippen molar-refractivity contribution in [1.29, 1.82) is 0 Å². The zero-order valence-corrected chi connectivity index (χ0v) is 9.98. The molecule has 0 aromatic carbocycles. The van der Waals surface area contributed by atoms with E-state index >= 15 is 0 Å². The lowest BCUT2D eigenvalue weighted by atomic mass is 10.0. The summed E-state index contributed by atoms with van der Waals surface area (Å²) < 4.78 is 5.56. The van der Waals surface area contributed by atoms with Gasteiger partial charge in [0.25, 0.3) is 0 Å². The molecule has 0 radical (unpaired) electrons. The average Bonchev–Trinajstić information content (AvgIpc) is 2.66. The second-order valence-corrected chi connectivity index (χ2v) is 4.36. The lowest BCUT2D eigenvalue weighted by molar-refractivity contribution is 0.00539. The van der Waals surface area contributed by atoms with Gasteiger partial charge >= 0.3 is 0 Å². The van der Waals surface area contributed by atoms with Crippen LogP contribution in [-0.4, -0.2) is 39.4 Å². The van der Waals surface area contributed by atoms with Crippen molar-refractivity contribution < 1.29 is 19.7 Å². The number of aliphatic hydroxyl groups is 2. The Balaban J connectivity index is 2.27. The number of hydrogen-bond acceptors (Lipinski definition) is 5. The van der Waals surface area contributed by atoms with E-state index in [9.17, 15) is 15.0 Å². The number of aromatic nitrogens is 1. The van der Waals surface area contributed by atoms with Crippen LogP contribution in [0.5, 0.6) is 0 Å². The van der Waals surface area contributed by atoms with Crippen molar-refractivity contribution in [2.45, 2.75) is 37.8 Å². The average molecular weight is 252 g/mol. The van der Waals surface area contributed by atoms with E-state index in [4.69, 9.17) is 10.5 Å². The molecule has 1 amide bonds. The van der Waals surface area contributed by atoms with Crippen LogP contribution in [-0.2, 0) is 4.74 Å².